The van der Waals surface area contributed by atoms with Crippen LogP contribution in [0.4, 0.5) is 5.82 Å². The second kappa shape index (κ2) is 6.45. The highest BCUT2D eigenvalue weighted by atomic mass is 32.1. The van der Waals surface area contributed by atoms with Crippen molar-refractivity contribution in [1.29, 1.82) is 0 Å². The Morgan fingerprint density at radius 1 is 1.43 bits per heavy atom. The van der Waals surface area contributed by atoms with Gasteiger partial charge in [0.05, 0.1) is 23.4 Å². The highest BCUT2D eigenvalue weighted by molar-refractivity contribution is 7.13. The molecule has 0 saturated heterocycles. The van der Waals surface area contributed by atoms with Crippen LogP contribution in [0.15, 0.2) is 18.3 Å². The van der Waals surface area contributed by atoms with Gasteiger partial charge in [-0.2, -0.15) is 0 Å². The third kappa shape index (κ3) is 3.73. The summed E-state index contributed by atoms with van der Waals surface area (Å²) in [4.78, 5) is 33.0. The van der Waals surface area contributed by atoms with Crippen LogP contribution in [0.1, 0.15) is 43.6 Å². The number of hydrogen-bond acceptors (Lipinski definition) is 6. The summed E-state index contributed by atoms with van der Waals surface area (Å²) in [5.41, 5.74) is 1.07. The first-order valence-electron chi connectivity index (χ1n) is 7.39. The molecule has 2 aromatic heterocycles. The number of methoxy groups -OCH3 is 1. The van der Waals surface area contributed by atoms with E-state index in [4.69, 9.17) is 0 Å². The molecule has 0 atom stereocenters. The van der Waals surface area contributed by atoms with Crippen molar-refractivity contribution in [2.75, 3.05) is 12.4 Å². The zero-order chi connectivity index (χ0) is 16.4. The monoisotopic (exact) mass is 331 g/mol. The van der Waals surface area contributed by atoms with E-state index in [1.807, 2.05) is 6.92 Å². The standard InChI is InChI=1S/C16H17N3O3S/c1-9-14(23-13(18-9)7-10-3-4-10)15(20)19-12-8-11(5-6-17-12)16(21)22-2/h5-6,8,10H,3-4,7H2,1-2H3,(H,17,19,20). The Hall–Kier alpha value is -2.28. The summed E-state index contributed by atoms with van der Waals surface area (Å²) in [5.74, 6) is 0.324. The molecule has 1 aliphatic rings. The molecule has 2 heterocycles. The minimum atomic E-state index is -0.469. The van der Waals surface area contributed by atoms with Gasteiger partial charge in [0, 0.05) is 12.6 Å². The molecule has 120 valence electrons. The molecule has 1 N–H and O–H groups in total. The maximum Gasteiger partial charge on any atom is 0.338 e. The van der Waals surface area contributed by atoms with Crippen molar-refractivity contribution in [3.63, 3.8) is 0 Å². The van der Waals surface area contributed by atoms with Crippen molar-refractivity contribution in [2.24, 2.45) is 5.92 Å². The van der Waals surface area contributed by atoms with Crippen LogP contribution in [-0.2, 0) is 11.2 Å². The molecule has 0 spiro atoms. The van der Waals surface area contributed by atoms with Gasteiger partial charge < -0.3 is 10.1 Å². The number of carbonyl (C=O) groups excluding carboxylic acids is 2. The Balaban J connectivity index is 1.73. The number of nitrogens with one attached hydrogen (secondary N) is 1. The lowest BCUT2D eigenvalue weighted by Crippen LogP contribution is -2.13. The summed E-state index contributed by atoms with van der Waals surface area (Å²) in [5, 5.41) is 3.72. The van der Waals surface area contributed by atoms with E-state index in [0.717, 1.165) is 23.0 Å². The van der Waals surface area contributed by atoms with Gasteiger partial charge in [-0.05, 0) is 37.8 Å². The predicted octanol–water partition coefficient (Wildman–Crippen LogP) is 2.84. The van der Waals surface area contributed by atoms with Gasteiger partial charge >= 0.3 is 5.97 Å². The van der Waals surface area contributed by atoms with E-state index < -0.39 is 5.97 Å². The highest BCUT2D eigenvalue weighted by Crippen LogP contribution is 2.34. The van der Waals surface area contributed by atoms with Gasteiger partial charge in [0.25, 0.3) is 5.91 Å². The average Bonchev–Trinajstić information content (AvgIpc) is 3.27. The van der Waals surface area contributed by atoms with Gasteiger partial charge in [-0.3, -0.25) is 4.79 Å². The first kappa shape index (κ1) is 15.6. The number of pyridine rings is 1. The zero-order valence-electron chi connectivity index (χ0n) is 13.0. The summed E-state index contributed by atoms with van der Waals surface area (Å²) in [6, 6.07) is 3.03. The number of anilines is 1. The Morgan fingerprint density at radius 3 is 2.91 bits per heavy atom. The number of nitrogens with zero attached hydrogens (tertiary/aromatic N) is 2. The molecule has 6 nitrogen and oxygen atoms in total. The molecule has 1 saturated carbocycles. The molecule has 2 aromatic rings. The SMILES string of the molecule is COC(=O)c1ccnc(NC(=O)c2sc(CC3CC3)nc2C)c1. The fourth-order valence-electron chi connectivity index (χ4n) is 2.24. The number of aryl methyl sites for hydroxylation is 1. The summed E-state index contributed by atoms with van der Waals surface area (Å²) < 4.78 is 4.66. The van der Waals surface area contributed by atoms with Gasteiger partial charge in [-0.25, -0.2) is 14.8 Å². The smallest absolute Gasteiger partial charge is 0.338 e. The maximum absolute atomic E-state index is 12.4. The van der Waals surface area contributed by atoms with Crippen molar-refractivity contribution in [2.45, 2.75) is 26.2 Å². The normalized spacial score (nSPS) is 13.7. The van der Waals surface area contributed by atoms with E-state index in [1.165, 1.54) is 49.6 Å². The molecule has 1 fully saturated rings. The Bertz CT molecular complexity index is 753. The Labute approximate surface area is 137 Å². The van der Waals surface area contributed by atoms with Crippen LogP contribution < -0.4 is 5.32 Å². The van der Waals surface area contributed by atoms with Crippen molar-refractivity contribution >= 4 is 29.0 Å². The molecular weight excluding hydrogens is 314 g/mol. The third-order valence-electron chi connectivity index (χ3n) is 3.63. The second-order valence-electron chi connectivity index (χ2n) is 5.55. The number of thiazole rings is 1. The van der Waals surface area contributed by atoms with E-state index in [9.17, 15) is 9.59 Å². The number of carbonyl (C=O) groups is 2. The van der Waals surface area contributed by atoms with Crippen molar-refractivity contribution in [3.8, 4) is 0 Å². The molecule has 23 heavy (non-hydrogen) atoms. The van der Waals surface area contributed by atoms with Crippen LogP contribution >= 0.6 is 11.3 Å². The van der Waals surface area contributed by atoms with Gasteiger partial charge in [0.1, 0.15) is 10.7 Å². The number of rotatable bonds is 5. The minimum Gasteiger partial charge on any atom is -0.465 e. The number of esters is 1. The van der Waals surface area contributed by atoms with Crippen LogP contribution in [0, 0.1) is 12.8 Å². The largest absolute Gasteiger partial charge is 0.465 e. The molecule has 1 amide bonds. The lowest BCUT2D eigenvalue weighted by atomic mass is 10.2. The summed E-state index contributed by atoms with van der Waals surface area (Å²) >= 11 is 1.43. The van der Waals surface area contributed by atoms with Gasteiger partial charge in [-0.15, -0.1) is 11.3 Å². The van der Waals surface area contributed by atoms with Crippen LogP contribution in [0.2, 0.25) is 0 Å². The van der Waals surface area contributed by atoms with E-state index in [0.29, 0.717) is 16.3 Å². The predicted molar refractivity (Wildman–Crippen MR) is 86.8 cm³/mol. The molecule has 1 aliphatic carbocycles. The number of aromatic nitrogens is 2. The summed E-state index contributed by atoms with van der Waals surface area (Å²) in [6.45, 7) is 1.83. The first-order chi connectivity index (χ1) is 11.1. The van der Waals surface area contributed by atoms with E-state index in [2.05, 4.69) is 20.0 Å². The second-order valence-corrected chi connectivity index (χ2v) is 6.63. The topological polar surface area (TPSA) is 81.2 Å². The fourth-order valence-corrected chi connectivity index (χ4v) is 3.31. The molecule has 7 heteroatoms. The van der Waals surface area contributed by atoms with E-state index >= 15 is 0 Å². The van der Waals surface area contributed by atoms with E-state index in [1.54, 1.807) is 0 Å². The van der Waals surface area contributed by atoms with Gasteiger partial charge in [0.2, 0.25) is 0 Å². The first-order valence-corrected chi connectivity index (χ1v) is 8.20. The summed E-state index contributed by atoms with van der Waals surface area (Å²) in [7, 11) is 1.31. The quantitative estimate of drug-likeness (QED) is 0.852. The average molecular weight is 331 g/mol. The van der Waals surface area contributed by atoms with Crippen LogP contribution in [0.3, 0.4) is 0 Å². The van der Waals surface area contributed by atoms with Gasteiger partial charge in [0.15, 0.2) is 0 Å². The Morgan fingerprint density at radius 2 is 2.22 bits per heavy atom. The van der Waals surface area contributed by atoms with Crippen molar-refractivity contribution in [1.82, 2.24) is 9.97 Å². The number of amides is 1. The number of ether oxygens (including phenoxy) is 1. The lowest BCUT2D eigenvalue weighted by Gasteiger charge is -2.05. The lowest BCUT2D eigenvalue weighted by molar-refractivity contribution is 0.0600. The molecule has 0 unspecified atom stereocenters. The molecule has 0 bridgehead atoms. The van der Waals surface area contributed by atoms with Crippen molar-refractivity contribution in [3.05, 3.63) is 39.5 Å². The highest BCUT2D eigenvalue weighted by Gasteiger charge is 2.24. The summed E-state index contributed by atoms with van der Waals surface area (Å²) in [6.07, 6.45) is 4.92. The molecule has 0 aliphatic heterocycles. The maximum atomic E-state index is 12.4. The molecule has 0 aromatic carbocycles. The van der Waals surface area contributed by atoms with Crippen LogP contribution in [0.25, 0.3) is 0 Å². The minimum absolute atomic E-state index is 0.253. The van der Waals surface area contributed by atoms with E-state index in [-0.39, 0.29) is 5.91 Å². The molecule has 3 rings (SSSR count). The third-order valence-corrected chi connectivity index (χ3v) is 4.81. The van der Waals surface area contributed by atoms with Crippen LogP contribution in [-0.4, -0.2) is 29.0 Å². The zero-order valence-corrected chi connectivity index (χ0v) is 13.8. The molecule has 0 radical (unpaired) electrons. The Kier molecular flexibility index (Phi) is 4.38. The number of hydrogen-bond donors (Lipinski definition) is 1. The van der Waals surface area contributed by atoms with Crippen LogP contribution in [0.5, 0.6) is 0 Å². The molecular formula is C16H17N3O3S. The van der Waals surface area contributed by atoms with Gasteiger partial charge in [-0.1, -0.05) is 0 Å². The fraction of sp³-hybridized carbons (Fsp3) is 0.375. The van der Waals surface area contributed by atoms with Crippen molar-refractivity contribution < 1.29 is 14.3 Å².